The predicted molar refractivity (Wildman–Crippen MR) is 117 cm³/mol. The van der Waals surface area contributed by atoms with Gasteiger partial charge in [0.25, 0.3) is 11.5 Å². The van der Waals surface area contributed by atoms with E-state index in [1.165, 1.54) is 6.07 Å². The van der Waals surface area contributed by atoms with Gasteiger partial charge in [0.15, 0.2) is 6.61 Å². The first kappa shape index (κ1) is 20.8. The molecule has 1 atom stereocenters. The number of fused-ring (bicyclic) bond motifs is 2. The van der Waals surface area contributed by atoms with Gasteiger partial charge >= 0.3 is 5.97 Å². The lowest BCUT2D eigenvalue weighted by Gasteiger charge is -2.17. The first-order valence-electron chi connectivity index (χ1n) is 10.5. The molecule has 160 valence electrons. The van der Waals surface area contributed by atoms with Crippen molar-refractivity contribution in [1.29, 1.82) is 0 Å². The van der Waals surface area contributed by atoms with Crippen molar-refractivity contribution in [3.63, 3.8) is 0 Å². The maximum atomic E-state index is 12.5. The molecule has 2 aromatic carbocycles. The van der Waals surface area contributed by atoms with Crippen LogP contribution < -0.4 is 10.9 Å². The molecule has 0 fully saturated rings. The van der Waals surface area contributed by atoms with Gasteiger partial charge in [-0.15, -0.1) is 0 Å². The molecule has 1 amide bonds. The molecular weight excluding hydrogens is 394 g/mol. The van der Waals surface area contributed by atoms with E-state index in [1.807, 2.05) is 38.1 Å². The summed E-state index contributed by atoms with van der Waals surface area (Å²) in [5.74, 6) is -0.248. The van der Waals surface area contributed by atoms with Crippen LogP contribution in [0.1, 0.15) is 53.1 Å². The van der Waals surface area contributed by atoms with Crippen LogP contribution in [-0.4, -0.2) is 28.0 Å². The van der Waals surface area contributed by atoms with Crippen LogP contribution in [0.5, 0.6) is 0 Å². The van der Waals surface area contributed by atoms with E-state index in [9.17, 15) is 14.4 Å². The van der Waals surface area contributed by atoms with Gasteiger partial charge in [-0.25, -0.2) is 9.78 Å². The van der Waals surface area contributed by atoms with Crippen molar-refractivity contribution in [2.24, 2.45) is 0 Å². The highest BCUT2D eigenvalue weighted by atomic mass is 16.5. The minimum Gasteiger partial charge on any atom is -0.452 e. The summed E-state index contributed by atoms with van der Waals surface area (Å²) in [4.78, 5) is 41.8. The van der Waals surface area contributed by atoms with Crippen molar-refractivity contribution in [3.05, 3.63) is 75.3 Å². The summed E-state index contributed by atoms with van der Waals surface area (Å²) in [6, 6.07) is 12.5. The Hall–Kier alpha value is -3.48. The van der Waals surface area contributed by atoms with E-state index in [0.717, 1.165) is 36.2 Å². The Labute approximate surface area is 180 Å². The third-order valence-corrected chi connectivity index (χ3v) is 5.61. The summed E-state index contributed by atoms with van der Waals surface area (Å²) in [7, 11) is 0. The zero-order valence-electron chi connectivity index (χ0n) is 17.7. The summed E-state index contributed by atoms with van der Waals surface area (Å²) >= 11 is 0. The van der Waals surface area contributed by atoms with Gasteiger partial charge in [-0.1, -0.05) is 36.8 Å². The maximum absolute atomic E-state index is 12.5. The fourth-order valence-corrected chi connectivity index (χ4v) is 3.88. The Morgan fingerprint density at radius 1 is 1.19 bits per heavy atom. The Morgan fingerprint density at radius 3 is 2.71 bits per heavy atom. The summed E-state index contributed by atoms with van der Waals surface area (Å²) in [6.07, 6.45) is 2.36. The van der Waals surface area contributed by atoms with E-state index in [1.54, 1.807) is 16.7 Å². The molecule has 0 spiro atoms. The fourth-order valence-electron chi connectivity index (χ4n) is 3.88. The van der Waals surface area contributed by atoms with Crippen molar-refractivity contribution < 1.29 is 14.3 Å². The standard InChI is InChI=1S/C24H25N3O4/c1-3-19(16-8-6-15(2)7-9-16)26-22(28)14-31-24(30)17-10-11-18-20(13-17)25-21-5-4-12-27(21)23(18)29/h6-11,13,19H,3-5,12,14H2,1-2H3,(H,26,28)/t19-/m1/s1. The highest BCUT2D eigenvalue weighted by molar-refractivity contribution is 5.95. The number of ether oxygens (including phenoxy) is 1. The van der Waals surface area contributed by atoms with Crippen LogP contribution in [0.15, 0.2) is 47.3 Å². The van der Waals surface area contributed by atoms with E-state index < -0.39 is 5.97 Å². The molecule has 0 saturated carbocycles. The molecule has 2 heterocycles. The van der Waals surface area contributed by atoms with Crippen molar-refractivity contribution >= 4 is 22.8 Å². The first-order chi connectivity index (χ1) is 15.0. The van der Waals surface area contributed by atoms with Crippen LogP contribution in [0, 0.1) is 6.92 Å². The first-order valence-corrected chi connectivity index (χ1v) is 10.5. The van der Waals surface area contributed by atoms with E-state index >= 15 is 0 Å². The van der Waals surface area contributed by atoms with Gasteiger partial charge in [-0.3, -0.25) is 14.2 Å². The number of aromatic nitrogens is 2. The number of aryl methyl sites for hydroxylation is 2. The van der Waals surface area contributed by atoms with Crippen molar-refractivity contribution in [2.75, 3.05) is 6.61 Å². The number of esters is 1. The molecule has 1 aliphatic heterocycles. The summed E-state index contributed by atoms with van der Waals surface area (Å²) in [6.45, 7) is 4.30. The van der Waals surface area contributed by atoms with Crippen LogP contribution in [0.25, 0.3) is 10.9 Å². The molecule has 1 aromatic heterocycles. The topological polar surface area (TPSA) is 90.3 Å². The number of rotatable bonds is 6. The van der Waals surface area contributed by atoms with E-state index in [0.29, 0.717) is 17.4 Å². The normalized spacial score (nSPS) is 13.6. The molecule has 31 heavy (non-hydrogen) atoms. The molecule has 7 heteroatoms. The lowest BCUT2D eigenvalue weighted by molar-refractivity contribution is -0.125. The smallest absolute Gasteiger partial charge is 0.338 e. The number of carbonyl (C=O) groups is 2. The lowest BCUT2D eigenvalue weighted by atomic mass is 10.0. The number of nitrogens with one attached hydrogen (secondary N) is 1. The molecule has 0 unspecified atom stereocenters. The third-order valence-electron chi connectivity index (χ3n) is 5.61. The second-order valence-electron chi connectivity index (χ2n) is 7.84. The van der Waals surface area contributed by atoms with E-state index in [2.05, 4.69) is 10.3 Å². The zero-order valence-corrected chi connectivity index (χ0v) is 17.7. The highest BCUT2D eigenvalue weighted by Gasteiger charge is 2.19. The van der Waals surface area contributed by atoms with Crippen LogP contribution in [-0.2, 0) is 22.5 Å². The van der Waals surface area contributed by atoms with Gasteiger partial charge in [0.1, 0.15) is 5.82 Å². The van der Waals surface area contributed by atoms with Gasteiger partial charge in [0, 0.05) is 13.0 Å². The molecule has 0 aliphatic carbocycles. The molecule has 0 bridgehead atoms. The van der Waals surface area contributed by atoms with Crippen LogP contribution in [0.4, 0.5) is 0 Å². The molecule has 0 saturated heterocycles. The number of amides is 1. The Morgan fingerprint density at radius 2 is 1.97 bits per heavy atom. The van der Waals surface area contributed by atoms with Gasteiger partial charge in [-0.05, 0) is 43.5 Å². The van der Waals surface area contributed by atoms with Crippen LogP contribution in [0.2, 0.25) is 0 Å². The number of hydrogen-bond acceptors (Lipinski definition) is 5. The average Bonchev–Trinajstić information content (AvgIpc) is 3.25. The van der Waals surface area contributed by atoms with E-state index in [-0.39, 0.29) is 29.7 Å². The van der Waals surface area contributed by atoms with Crippen molar-refractivity contribution in [1.82, 2.24) is 14.9 Å². The molecule has 1 aliphatic rings. The minimum absolute atomic E-state index is 0.0847. The van der Waals surface area contributed by atoms with Crippen LogP contribution >= 0.6 is 0 Å². The molecule has 0 radical (unpaired) electrons. The molecule has 7 nitrogen and oxygen atoms in total. The summed E-state index contributed by atoms with van der Waals surface area (Å²) < 4.78 is 6.88. The lowest BCUT2D eigenvalue weighted by Crippen LogP contribution is -2.32. The molecule has 3 aromatic rings. The third kappa shape index (κ3) is 4.35. The highest BCUT2D eigenvalue weighted by Crippen LogP contribution is 2.18. The maximum Gasteiger partial charge on any atom is 0.338 e. The Kier molecular flexibility index (Phi) is 5.84. The van der Waals surface area contributed by atoms with E-state index in [4.69, 9.17) is 4.74 Å². The average molecular weight is 419 g/mol. The number of benzene rings is 2. The fraction of sp³-hybridized carbons (Fsp3) is 0.333. The summed E-state index contributed by atoms with van der Waals surface area (Å²) in [5.41, 5.74) is 2.81. The molecule has 1 N–H and O–H groups in total. The minimum atomic E-state index is -0.622. The zero-order chi connectivity index (χ0) is 22.0. The number of hydrogen-bond donors (Lipinski definition) is 1. The molecular formula is C24H25N3O4. The van der Waals surface area contributed by atoms with Gasteiger partial charge in [-0.2, -0.15) is 0 Å². The number of carbonyl (C=O) groups excluding carboxylic acids is 2. The van der Waals surface area contributed by atoms with Crippen LogP contribution in [0.3, 0.4) is 0 Å². The SMILES string of the molecule is CC[C@@H](NC(=O)COC(=O)c1ccc2c(=O)n3c(nc2c1)CCC3)c1ccc(C)cc1. The Bertz CT molecular complexity index is 1200. The predicted octanol–water partition coefficient (Wildman–Crippen LogP) is 3.08. The quantitative estimate of drug-likeness (QED) is 0.620. The van der Waals surface area contributed by atoms with Crippen molar-refractivity contribution in [2.45, 2.75) is 45.7 Å². The van der Waals surface area contributed by atoms with Gasteiger partial charge in [0.05, 0.1) is 22.5 Å². The van der Waals surface area contributed by atoms with Gasteiger partial charge < -0.3 is 10.1 Å². The number of nitrogens with zero attached hydrogens (tertiary/aromatic N) is 2. The Balaban J connectivity index is 1.41. The van der Waals surface area contributed by atoms with Crippen molar-refractivity contribution in [3.8, 4) is 0 Å². The summed E-state index contributed by atoms with van der Waals surface area (Å²) in [5, 5.41) is 3.38. The second-order valence-corrected chi connectivity index (χ2v) is 7.84. The monoisotopic (exact) mass is 419 g/mol. The largest absolute Gasteiger partial charge is 0.452 e. The second kappa shape index (κ2) is 8.71. The molecule has 4 rings (SSSR count). The van der Waals surface area contributed by atoms with Gasteiger partial charge in [0.2, 0.25) is 0 Å².